The molecule has 0 saturated heterocycles. The van der Waals surface area contributed by atoms with E-state index in [2.05, 4.69) is 10.1 Å². The molecule has 0 atom stereocenters. The highest BCUT2D eigenvalue weighted by Gasteiger charge is 2.35. The summed E-state index contributed by atoms with van der Waals surface area (Å²) in [7, 11) is -4.18. The van der Waals surface area contributed by atoms with Gasteiger partial charge in [0.25, 0.3) is 10.0 Å². The van der Waals surface area contributed by atoms with Gasteiger partial charge in [-0.25, -0.2) is 17.8 Å². The molecule has 3 rings (SSSR count). The molecule has 0 unspecified atom stereocenters. The topological polar surface area (TPSA) is 145 Å². The van der Waals surface area contributed by atoms with E-state index in [1.54, 1.807) is 24.3 Å². The van der Waals surface area contributed by atoms with Gasteiger partial charge in [-0.1, -0.05) is 29.8 Å². The van der Waals surface area contributed by atoms with Crippen LogP contribution in [0.3, 0.4) is 0 Å². The molecule has 192 valence electrons. The Kier molecular flexibility index (Phi) is 8.03. The van der Waals surface area contributed by atoms with E-state index in [1.807, 2.05) is 11.6 Å². The average molecular weight is 523 g/mol. The van der Waals surface area contributed by atoms with E-state index in [1.165, 1.54) is 24.3 Å². The number of hydrogen-bond acceptors (Lipinski definition) is 5. The summed E-state index contributed by atoms with van der Waals surface area (Å²) < 4.78 is 68.3. The van der Waals surface area contributed by atoms with E-state index in [4.69, 9.17) is 11.5 Å². The second kappa shape index (κ2) is 10.8. The van der Waals surface area contributed by atoms with Crippen molar-refractivity contribution in [1.29, 1.82) is 0 Å². The van der Waals surface area contributed by atoms with E-state index < -0.39 is 27.8 Å². The first-order valence-corrected chi connectivity index (χ1v) is 12.3. The van der Waals surface area contributed by atoms with Crippen molar-refractivity contribution < 1.29 is 26.4 Å². The number of rotatable bonds is 9. The van der Waals surface area contributed by atoms with Gasteiger partial charge in [0.15, 0.2) is 11.7 Å². The summed E-state index contributed by atoms with van der Waals surface area (Å²) in [6.07, 6.45) is -3.85. The molecule has 0 spiro atoms. The lowest BCUT2D eigenvalue weighted by Gasteiger charge is -2.10. The van der Waals surface area contributed by atoms with Gasteiger partial charge in [0.1, 0.15) is 0 Å². The van der Waals surface area contributed by atoms with E-state index >= 15 is 0 Å². The molecule has 0 bridgehead atoms. The van der Waals surface area contributed by atoms with Gasteiger partial charge in [0, 0.05) is 18.5 Å². The number of aryl methyl sites for hydroxylation is 1. The molecule has 0 saturated carbocycles. The van der Waals surface area contributed by atoms with E-state index in [0.717, 1.165) is 16.3 Å². The van der Waals surface area contributed by atoms with Crippen molar-refractivity contribution in [2.75, 3.05) is 6.54 Å². The highest BCUT2D eigenvalue weighted by atomic mass is 32.2. The molecule has 1 heterocycles. The average Bonchev–Trinajstić information content (AvgIpc) is 3.25. The highest BCUT2D eigenvalue weighted by Crippen LogP contribution is 2.33. The number of nitrogens with zero attached hydrogens (tertiary/aromatic N) is 3. The largest absolute Gasteiger partial charge is 0.435 e. The lowest BCUT2D eigenvalue weighted by atomic mass is 10.1. The Hall–Kier alpha value is -3.87. The van der Waals surface area contributed by atoms with Crippen LogP contribution in [-0.4, -0.2) is 36.6 Å². The summed E-state index contributed by atoms with van der Waals surface area (Å²) in [5.41, 5.74) is 11.2. The number of halogens is 3. The number of benzene rings is 2. The number of aromatic nitrogens is 2. The van der Waals surface area contributed by atoms with Crippen LogP contribution in [0.4, 0.5) is 13.2 Å². The maximum Gasteiger partial charge on any atom is 0.435 e. The Bertz CT molecular complexity index is 1350. The molecule has 0 aliphatic rings. The standard InChI is InChI=1S/C23H25F3N6O3S/c1-15-5-7-16(8-6-15)19-14-20(23(24,25)26)30-32(19)17-9-11-18(12-10-17)36(34,35)31-21(33)4-2-3-13-29-22(27)28/h5-12,14H,2-4,13H2,1H3,(H,31,33)(H4,27,28,29). The second-order valence-corrected chi connectivity index (χ2v) is 9.66. The number of sulfonamides is 1. The summed E-state index contributed by atoms with van der Waals surface area (Å²) in [5.74, 6) is -0.770. The Morgan fingerprint density at radius 2 is 1.69 bits per heavy atom. The molecule has 9 nitrogen and oxygen atoms in total. The molecule has 0 aliphatic heterocycles. The fraction of sp³-hybridized carbons (Fsp3) is 0.261. The second-order valence-electron chi connectivity index (χ2n) is 7.98. The third-order valence-corrected chi connectivity index (χ3v) is 6.48. The van der Waals surface area contributed by atoms with Gasteiger partial charge in [0.05, 0.1) is 16.3 Å². The summed E-state index contributed by atoms with van der Waals surface area (Å²) in [6.45, 7) is 2.17. The maximum atomic E-state index is 13.4. The van der Waals surface area contributed by atoms with Gasteiger partial charge in [-0.2, -0.15) is 18.3 Å². The van der Waals surface area contributed by atoms with Crippen molar-refractivity contribution in [3.63, 3.8) is 0 Å². The van der Waals surface area contributed by atoms with Crippen LogP contribution in [-0.2, 0) is 21.0 Å². The van der Waals surface area contributed by atoms with Crippen LogP contribution >= 0.6 is 0 Å². The van der Waals surface area contributed by atoms with E-state index in [9.17, 15) is 26.4 Å². The van der Waals surface area contributed by atoms with E-state index in [-0.39, 0.29) is 28.7 Å². The zero-order chi connectivity index (χ0) is 26.5. The Labute approximate surface area is 206 Å². The number of nitrogens with two attached hydrogens (primary N) is 2. The molecule has 3 aromatic rings. The minimum absolute atomic E-state index is 0.0509. The molecule has 2 aromatic carbocycles. The fourth-order valence-electron chi connectivity index (χ4n) is 3.28. The van der Waals surface area contributed by atoms with Crippen molar-refractivity contribution >= 4 is 21.9 Å². The quantitative estimate of drug-likeness (QED) is 0.224. The number of carbonyl (C=O) groups is 1. The first kappa shape index (κ1) is 26.7. The molecule has 1 amide bonds. The molecule has 13 heteroatoms. The van der Waals surface area contributed by atoms with Crippen LogP contribution in [0.5, 0.6) is 0 Å². The third-order valence-electron chi connectivity index (χ3n) is 5.09. The summed E-state index contributed by atoms with van der Waals surface area (Å²) in [6, 6.07) is 12.8. The zero-order valence-corrected chi connectivity index (χ0v) is 20.1. The number of alkyl halides is 3. The highest BCUT2D eigenvalue weighted by molar-refractivity contribution is 7.90. The van der Waals surface area contributed by atoms with Crippen LogP contribution in [0.25, 0.3) is 16.9 Å². The Balaban J connectivity index is 1.80. The predicted molar refractivity (Wildman–Crippen MR) is 129 cm³/mol. The number of hydrogen-bond donors (Lipinski definition) is 3. The number of aliphatic imine (C=N–C) groups is 1. The molecule has 0 fully saturated rings. The molecule has 0 aliphatic carbocycles. The minimum atomic E-state index is -4.67. The number of unbranched alkanes of at least 4 members (excludes halogenated alkanes) is 1. The SMILES string of the molecule is Cc1ccc(-c2cc(C(F)(F)F)nn2-c2ccc(S(=O)(=O)NC(=O)CCCCN=C(N)N)cc2)cc1. The number of amides is 1. The molecular formula is C23H25F3N6O3S. The monoisotopic (exact) mass is 522 g/mol. The Morgan fingerprint density at radius 1 is 1.06 bits per heavy atom. The zero-order valence-electron chi connectivity index (χ0n) is 19.3. The van der Waals surface area contributed by atoms with Gasteiger partial charge in [-0.15, -0.1) is 0 Å². The number of carbonyl (C=O) groups excluding carboxylic acids is 1. The summed E-state index contributed by atoms with van der Waals surface area (Å²) in [5, 5.41) is 3.70. The van der Waals surface area contributed by atoms with Crippen molar-refractivity contribution in [3.05, 3.63) is 65.9 Å². The van der Waals surface area contributed by atoms with Crippen molar-refractivity contribution in [1.82, 2.24) is 14.5 Å². The maximum absolute atomic E-state index is 13.4. The Morgan fingerprint density at radius 3 is 2.28 bits per heavy atom. The molecule has 5 N–H and O–H groups in total. The van der Waals surface area contributed by atoms with Crippen LogP contribution in [0.1, 0.15) is 30.5 Å². The van der Waals surface area contributed by atoms with Crippen LogP contribution in [0.15, 0.2) is 64.5 Å². The van der Waals surface area contributed by atoms with Crippen molar-refractivity contribution in [3.8, 4) is 16.9 Å². The number of nitrogens with one attached hydrogen (secondary N) is 1. The van der Waals surface area contributed by atoms with Gasteiger partial charge < -0.3 is 11.5 Å². The molecule has 36 heavy (non-hydrogen) atoms. The fourth-order valence-corrected chi connectivity index (χ4v) is 4.29. The number of guanidine groups is 1. The van der Waals surface area contributed by atoms with Gasteiger partial charge in [-0.05, 0) is 50.1 Å². The minimum Gasteiger partial charge on any atom is -0.370 e. The van der Waals surface area contributed by atoms with Crippen LogP contribution in [0, 0.1) is 6.92 Å². The van der Waals surface area contributed by atoms with Crippen molar-refractivity contribution in [2.24, 2.45) is 16.5 Å². The summed E-state index contributed by atoms with van der Waals surface area (Å²) >= 11 is 0. The lowest BCUT2D eigenvalue weighted by Crippen LogP contribution is -2.30. The smallest absolute Gasteiger partial charge is 0.370 e. The van der Waals surface area contributed by atoms with E-state index in [0.29, 0.717) is 24.9 Å². The summed E-state index contributed by atoms with van der Waals surface area (Å²) in [4.78, 5) is 15.6. The molecular weight excluding hydrogens is 497 g/mol. The van der Waals surface area contributed by atoms with Gasteiger partial charge in [0.2, 0.25) is 5.91 Å². The molecule has 1 aromatic heterocycles. The first-order valence-electron chi connectivity index (χ1n) is 10.8. The lowest BCUT2D eigenvalue weighted by molar-refractivity contribution is -0.141. The third kappa shape index (κ3) is 6.84. The van der Waals surface area contributed by atoms with Crippen LogP contribution < -0.4 is 16.2 Å². The first-order chi connectivity index (χ1) is 16.9. The van der Waals surface area contributed by atoms with Gasteiger partial charge in [-0.3, -0.25) is 9.79 Å². The predicted octanol–water partition coefficient (Wildman–Crippen LogP) is 3.12. The van der Waals surface area contributed by atoms with Crippen LogP contribution in [0.2, 0.25) is 0 Å². The van der Waals surface area contributed by atoms with Gasteiger partial charge >= 0.3 is 6.18 Å². The normalized spacial score (nSPS) is 11.8. The van der Waals surface area contributed by atoms with Crippen molar-refractivity contribution in [2.45, 2.75) is 37.3 Å². The molecule has 0 radical (unpaired) electrons.